The number of ether oxygens (including phenoxy) is 1. The summed E-state index contributed by atoms with van der Waals surface area (Å²) in [5.74, 6) is -1.41. The number of benzene rings is 2. The number of para-hydroxylation sites is 1. The van der Waals surface area contributed by atoms with Gasteiger partial charge < -0.3 is 35.0 Å². The maximum atomic E-state index is 13.7. The Kier molecular flexibility index (Phi) is 9.38. The molecule has 11 nitrogen and oxygen atoms in total. The van der Waals surface area contributed by atoms with E-state index in [0.717, 1.165) is 5.56 Å². The van der Waals surface area contributed by atoms with E-state index in [2.05, 4.69) is 15.8 Å². The number of fused-ring (bicyclic) bond motifs is 1. The molecule has 1 fully saturated rings. The number of carbonyl (C=O) groups excluding carboxylic acids is 3. The number of aromatic nitrogens is 1. The van der Waals surface area contributed by atoms with E-state index in [1.165, 1.54) is 22.9 Å². The molecule has 4 N–H and O–H groups in total. The number of rotatable bonds is 10. The van der Waals surface area contributed by atoms with E-state index < -0.39 is 46.8 Å². The van der Waals surface area contributed by atoms with Crippen LogP contribution in [-0.2, 0) is 27.3 Å². The van der Waals surface area contributed by atoms with Crippen LogP contribution in [0.2, 0.25) is 0 Å². The zero-order valence-electron chi connectivity index (χ0n) is 24.0. The van der Waals surface area contributed by atoms with Crippen LogP contribution in [0.1, 0.15) is 43.1 Å². The van der Waals surface area contributed by atoms with Crippen LogP contribution in [0.15, 0.2) is 71.4 Å². The van der Waals surface area contributed by atoms with Crippen LogP contribution >= 0.6 is 11.8 Å². The van der Waals surface area contributed by atoms with Crippen LogP contribution in [0.4, 0.5) is 0 Å². The number of aliphatic hydroxyl groups is 2. The summed E-state index contributed by atoms with van der Waals surface area (Å²) >= 11 is 1.44. The first-order valence-corrected chi connectivity index (χ1v) is 15.2. The normalized spacial score (nSPS) is 22.1. The van der Waals surface area contributed by atoms with Crippen LogP contribution < -0.4 is 15.4 Å². The summed E-state index contributed by atoms with van der Waals surface area (Å²) in [4.78, 5) is 42.0. The first-order valence-electron chi connectivity index (χ1n) is 14.2. The molecule has 0 aliphatic carbocycles. The van der Waals surface area contributed by atoms with Gasteiger partial charge >= 0.3 is 0 Å². The number of amides is 3. The highest BCUT2D eigenvalue weighted by Gasteiger charge is 2.49. The second-order valence-corrected chi connectivity index (χ2v) is 12.9. The third-order valence-electron chi connectivity index (χ3n) is 7.85. The largest absolute Gasteiger partial charge is 0.490 e. The Morgan fingerprint density at radius 3 is 2.60 bits per heavy atom. The van der Waals surface area contributed by atoms with E-state index in [0.29, 0.717) is 17.0 Å². The first kappa shape index (κ1) is 30.6. The molecule has 228 valence electrons. The van der Waals surface area contributed by atoms with Crippen LogP contribution in [0, 0.1) is 5.92 Å². The highest BCUT2D eigenvalue weighted by molar-refractivity contribution is 8.00. The first-order chi connectivity index (χ1) is 20.6. The monoisotopic (exact) mass is 608 g/mol. The molecule has 1 saturated heterocycles. The molecule has 2 aromatic carbocycles. The van der Waals surface area contributed by atoms with Crippen molar-refractivity contribution in [1.29, 1.82) is 0 Å². The van der Waals surface area contributed by atoms with E-state index in [4.69, 9.17) is 9.26 Å². The maximum absolute atomic E-state index is 13.7. The molecule has 0 bridgehead atoms. The maximum Gasteiger partial charge on any atom is 0.252 e. The molecule has 0 spiro atoms. The fourth-order valence-electron chi connectivity index (χ4n) is 5.55. The molecule has 2 aliphatic heterocycles. The number of carbonyl (C=O) groups is 3. The Labute approximate surface area is 254 Å². The molecule has 2 aliphatic rings. The molecule has 0 unspecified atom stereocenters. The number of nitrogens with one attached hydrogen (secondary N) is 2. The third kappa shape index (κ3) is 7.03. The van der Waals surface area contributed by atoms with Gasteiger partial charge in [0.05, 0.1) is 18.5 Å². The van der Waals surface area contributed by atoms with Crippen molar-refractivity contribution in [3.8, 4) is 5.75 Å². The molecule has 3 heterocycles. The quantitative estimate of drug-likeness (QED) is 0.271. The lowest BCUT2D eigenvalue weighted by Crippen LogP contribution is -2.55. The van der Waals surface area contributed by atoms with Crippen LogP contribution in [0.25, 0.3) is 0 Å². The van der Waals surface area contributed by atoms with Gasteiger partial charge in [0.25, 0.3) is 5.91 Å². The number of hydrogen-bond acceptors (Lipinski definition) is 9. The highest BCUT2D eigenvalue weighted by atomic mass is 32.2. The highest BCUT2D eigenvalue weighted by Crippen LogP contribution is 2.40. The average Bonchev–Trinajstić information content (AvgIpc) is 3.64. The summed E-state index contributed by atoms with van der Waals surface area (Å²) < 4.78 is 9.81. The molecule has 3 amide bonds. The zero-order valence-corrected chi connectivity index (χ0v) is 24.8. The van der Waals surface area contributed by atoms with Crippen molar-refractivity contribution < 1.29 is 33.9 Å². The number of hydrogen-bond donors (Lipinski definition) is 4. The third-order valence-corrected chi connectivity index (χ3v) is 9.22. The lowest BCUT2D eigenvalue weighted by Gasteiger charge is -2.33. The average molecular weight is 609 g/mol. The lowest BCUT2D eigenvalue weighted by atomic mass is 9.90. The molecule has 43 heavy (non-hydrogen) atoms. The van der Waals surface area contributed by atoms with Crippen LogP contribution in [-0.4, -0.2) is 73.5 Å². The van der Waals surface area contributed by atoms with E-state index in [1.54, 1.807) is 24.3 Å². The molecule has 5 rings (SSSR count). The second kappa shape index (κ2) is 13.2. The molecular formula is C31H36N4O7S. The molecule has 1 aromatic heterocycles. The van der Waals surface area contributed by atoms with E-state index in [9.17, 15) is 24.6 Å². The van der Waals surface area contributed by atoms with Gasteiger partial charge in [0.1, 0.15) is 42.6 Å². The van der Waals surface area contributed by atoms with Gasteiger partial charge in [-0.25, -0.2) is 0 Å². The standard InChI is InChI=1S/C31H36N4O7S/c1-31(2)27(29(39)32-16-21-12-13-42-34-21)35(18-43-31)30(40)23(36)15-20(14-19-8-4-3-5-9-19)28(38)33-26-22-10-6-7-11-25(22)41-17-24(26)37/h3-13,20,23-24,26-27,36-37H,14-18H2,1-2H3,(H,32,39)(H,33,38)/t20-,23+,24-,26+,27-/m1/s1. The Morgan fingerprint density at radius 1 is 1.12 bits per heavy atom. The van der Waals surface area contributed by atoms with Crippen LogP contribution in [0.3, 0.4) is 0 Å². The van der Waals surface area contributed by atoms with Crippen LogP contribution in [0.5, 0.6) is 5.75 Å². The number of aliphatic hydroxyl groups excluding tert-OH is 2. The topological polar surface area (TPSA) is 154 Å². The molecule has 12 heteroatoms. The minimum Gasteiger partial charge on any atom is -0.490 e. The fraction of sp³-hybridized carbons (Fsp3) is 0.419. The second-order valence-electron chi connectivity index (χ2n) is 11.3. The number of nitrogens with zero attached hydrogens (tertiary/aromatic N) is 2. The smallest absolute Gasteiger partial charge is 0.252 e. The minimum absolute atomic E-state index is 0.0228. The Balaban J connectivity index is 1.32. The summed E-state index contributed by atoms with van der Waals surface area (Å²) in [6.45, 7) is 3.91. The summed E-state index contributed by atoms with van der Waals surface area (Å²) in [6, 6.07) is 16.6. The summed E-state index contributed by atoms with van der Waals surface area (Å²) in [6.07, 6.45) is -1.00. The SMILES string of the molecule is CC1(C)SCN(C(=O)[C@@H](O)C[C@@H](Cc2ccccc2)C(=O)N[C@H]2c3ccccc3OC[C@H]2O)[C@@H]1C(=O)NCc1ccon1. The van der Waals surface area contributed by atoms with Crippen molar-refractivity contribution in [3.63, 3.8) is 0 Å². The van der Waals surface area contributed by atoms with E-state index in [-0.39, 0.29) is 37.8 Å². The van der Waals surface area contributed by atoms with Crippen molar-refractivity contribution in [2.75, 3.05) is 12.5 Å². The van der Waals surface area contributed by atoms with Gasteiger partial charge in [-0.1, -0.05) is 53.7 Å². The van der Waals surface area contributed by atoms with Crippen molar-refractivity contribution in [1.82, 2.24) is 20.7 Å². The van der Waals surface area contributed by atoms with E-state index >= 15 is 0 Å². The van der Waals surface area contributed by atoms with Gasteiger partial charge in [-0.2, -0.15) is 0 Å². The Hall–Kier alpha value is -3.87. The zero-order chi connectivity index (χ0) is 30.6. The van der Waals surface area contributed by atoms with E-state index in [1.807, 2.05) is 50.2 Å². The molecule has 0 radical (unpaired) electrons. The Morgan fingerprint density at radius 2 is 1.86 bits per heavy atom. The van der Waals surface area contributed by atoms with Gasteiger partial charge in [-0.15, -0.1) is 11.8 Å². The minimum atomic E-state index is -1.54. The summed E-state index contributed by atoms with van der Waals surface area (Å²) in [5, 5.41) is 31.5. The Bertz CT molecular complexity index is 1420. The van der Waals surface area contributed by atoms with Gasteiger partial charge in [0.2, 0.25) is 11.8 Å². The summed E-state index contributed by atoms with van der Waals surface area (Å²) in [7, 11) is 0. The summed E-state index contributed by atoms with van der Waals surface area (Å²) in [5.41, 5.74) is 2.06. The van der Waals surface area contributed by atoms with Crippen molar-refractivity contribution >= 4 is 29.5 Å². The lowest BCUT2D eigenvalue weighted by molar-refractivity contribution is -0.147. The molecular weight excluding hydrogens is 572 g/mol. The van der Waals surface area contributed by atoms with Crippen molar-refractivity contribution in [2.24, 2.45) is 5.92 Å². The predicted molar refractivity (Wildman–Crippen MR) is 159 cm³/mol. The van der Waals surface area contributed by atoms with Crippen molar-refractivity contribution in [3.05, 3.63) is 83.7 Å². The molecule has 0 saturated carbocycles. The van der Waals surface area contributed by atoms with Gasteiger partial charge in [0.15, 0.2) is 0 Å². The van der Waals surface area contributed by atoms with Crippen molar-refractivity contribution in [2.45, 2.75) is 62.3 Å². The molecule has 3 aromatic rings. The number of thioether (sulfide) groups is 1. The van der Waals surface area contributed by atoms with Gasteiger partial charge in [-0.3, -0.25) is 14.4 Å². The predicted octanol–water partition coefficient (Wildman–Crippen LogP) is 2.19. The van der Waals surface area contributed by atoms with Gasteiger partial charge in [-0.05, 0) is 38.3 Å². The molecule has 5 atom stereocenters. The fourth-order valence-corrected chi connectivity index (χ4v) is 6.69. The van der Waals surface area contributed by atoms with Gasteiger partial charge in [0, 0.05) is 22.3 Å².